The molecule has 1 saturated carbocycles. The zero-order chi connectivity index (χ0) is 23.0. The highest BCUT2D eigenvalue weighted by molar-refractivity contribution is 5.77. The number of aliphatic hydroxyl groups is 1. The van der Waals surface area contributed by atoms with Gasteiger partial charge in [-0.1, -0.05) is 20.8 Å². The summed E-state index contributed by atoms with van der Waals surface area (Å²) in [4.78, 5) is 14.5. The molecule has 8 heteroatoms. The van der Waals surface area contributed by atoms with Gasteiger partial charge in [-0.25, -0.2) is 0 Å². The van der Waals surface area contributed by atoms with Crippen LogP contribution >= 0.6 is 0 Å². The molecule has 6 unspecified atom stereocenters. The first-order chi connectivity index (χ1) is 14.3. The fraction of sp³-hybridized carbons (Fsp3) is 0.957. The van der Waals surface area contributed by atoms with Crippen molar-refractivity contribution in [1.29, 1.82) is 0 Å². The third-order valence-corrected chi connectivity index (χ3v) is 7.84. The van der Waals surface area contributed by atoms with Crippen LogP contribution in [0.15, 0.2) is 0 Å². The van der Waals surface area contributed by atoms with Gasteiger partial charge in [-0.15, -0.1) is 0 Å². The van der Waals surface area contributed by atoms with Crippen molar-refractivity contribution in [3.63, 3.8) is 0 Å². The van der Waals surface area contributed by atoms with Gasteiger partial charge in [-0.2, -0.15) is 0 Å². The van der Waals surface area contributed by atoms with Crippen molar-refractivity contribution in [3.05, 3.63) is 0 Å². The van der Waals surface area contributed by atoms with Crippen LogP contribution < -0.4 is 27.4 Å². The minimum Gasteiger partial charge on any atom is -0.390 e. The van der Waals surface area contributed by atoms with Crippen LogP contribution in [-0.2, 0) is 4.79 Å². The maximum Gasteiger partial charge on any atom is 0.224 e. The fourth-order valence-corrected chi connectivity index (χ4v) is 5.63. The molecule has 2 aliphatic heterocycles. The summed E-state index contributed by atoms with van der Waals surface area (Å²) in [5, 5.41) is 21.6. The summed E-state index contributed by atoms with van der Waals surface area (Å²) in [5.41, 5.74) is 11.4. The molecule has 3 fully saturated rings. The molecular formula is C23H46N6O2. The van der Waals surface area contributed by atoms with Crippen molar-refractivity contribution < 1.29 is 9.90 Å². The number of carbonyl (C=O) groups is 1. The molecule has 3 rings (SSSR count). The lowest BCUT2D eigenvalue weighted by Gasteiger charge is -2.48. The van der Waals surface area contributed by atoms with Crippen LogP contribution in [0.2, 0.25) is 0 Å². The Balaban J connectivity index is 1.73. The fourth-order valence-electron chi connectivity index (χ4n) is 5.63. The number of nitrogens with zero attached hydrogens (tertiary/aromatic N) is 1. The second kappa shape index (κ2) is 9.61. The second-order valence-electron chi connectivity index (χ2n) is 11.8. The van der Waals surface area contributed by atoms with Crippen molar-refractivity contribution in [2.45, 2.75) is 96.9 Å². The van der Waals surface area contributed by atoms with Crippen LogP contribution in [-0.4, -0.2) is 65.7 Å². The summed E-state index contributed by atoms with van der Waals surface area (Å²) in [7, 11) is 0. The molecule has 0 aromatic heterocycles. The number of amides is 1. The molecule has 1 aliphatic carbocycles. The highest BCUT2D eigenvalue weighted by atomic mass is 16.3. The van der Waals surface area contributed by atoms with E-state index < -0.39 is 5.60 Å². The van der Waals surface area contributed by atoms with Crippen LogP contribution in [0.25, 0.3) is 0 Å². The minimum absolute atomic E-state index is 0.0217. The highest BCUT2D eigenvalue weighted by Crippen LogP contribution is 2.43. The average Bonchev–Trinajstić information content (AvgIpc) is 2.66. The molecular weight excluding hydrogens is 392 g/mol. The molecule has 3 aliphatic rings. The number of piperidine rings is 1. The Morgan fingerprint density at radius 2 is 1.81 bits per heavy atom. The van der Waals surface area contributed by atoms with Gasteiger partial charge in [0.1, 0.15) is 6.29 Å². The number of hydrogen-bond donors (Lipinski definition) is 6. The second-order valence-corrected chi connectivity index (χ2v) is 11.8. The van der Waals surface area contributed by atoms with E-state index in [9.17, 15) is 9.90 Å². The lowest BCUT2D eigenvalue weighted by atomic mass is 9.64. The van der Waals surface area contributed by atoms with E-state index in [-0.39, 0.29) is 47.7 Å². The monoisotopic (exact) mass is 438 g/mol. The summed E-state index contributed by atoms with van der Waals surface area (Å²) in [6.07, 6.45) is 4.88. The molecule has 0 bridgehead atoms. The van der Waals surface area contributed by atoms with Gasteiger partial charge in [-0.3, -0.25) is 25.6 Å². The Labute approximate surface area is 188 Å². The van der Waals surface area contributed by atoms with Gasteiger partial charge < -0.3 is 16.6 Å². The Hall–Kier alpha value is -0.770. The predicted octanol–water partition coefficient (Wildman–Crippen LogP) is 0.505. The van der Waals surface area contributed by atoms with E-state index in [0.29, 0.717) is 12.5 Å². The van der Waals surface area contributed by atoms with Gasteiger partial charge in [0.2, 0.25) is 5.91 Å². The summed E-state index contributed by atoms with van der Waals surface area (Å²) in [5.74, 6) is 0.0891. The Morgan fingerprint density at radius 3 is 2.39 bits per heavy atom. The summed E-state index contributed by atoms with van der Waals surface area (Å²) in [6, 6.07) is 0.409. The van der Waals surface area contributed by atoms with E-state index in [1.807, 2.05) is 13.8 Å². The molecule has 2 heterocycles. The molecule has 31 heavy (non-hydrogen) atoms. The molecule has 0 radical (unpaired) electrons. The summed E-state index contributed by atoms with van der Waals surface area (Å²) in [6.45, 7) is 13.1. The highest BCUT2D eigenvalue weighted by Gasteiger charge is 2.43. The number of rotatable bonds is 5. The summed E-state index contributed by atoms with van der Waals surface area (Å²) < 4.78 is 0. The summed E-state index contributed by atoms with van der Waals surface area (Å²) >= 11 is 0. The van der Waals surface area contributed by atoms with Crippen LogP contribution in [0.4, 0.5) is 0 Å². The van der Waals surface area contributed by atoms with Crippen molar-refractivity contribution in [3.8, 4) is 0 Å². The van der Waals surface area contributed by atoms with Gasteiger partial charge >= 0.3 is 0 Å². The first-order valence-corrected chi connectivity index (χ1v) is 12.1. The molecule has 7 atom stereocenters. The Bertz CT molecular complexity index is 594. The van der Waals surface area contributed by atoms with Gasteiger partial charge in [0.15, 0.2) is 0 Å². The van der Waals surface area contributed by atoms with Crippen molar-refractivity contribution in [2.75, 3.05) is 19.6 Å². The van der Waals surface area contributed by atoms with E-state index in [2.05, 4.69) is 41.6 Å². The van der Waals surface area contributed by atoms with Crippen molar-refractivity contribution in [1.82, 2.24) is 20.9 Å². The molecule has 1 amide bonds. The number of carbonyl (C=O) groups excluding carboxylic acids is 1. The van der Waals surface area contributed by atoms with Crippen LogP contribution in [0.5, 0.6) is 0 Å². The van der Waals surface area contributed by atoms with Crippen molar-refractivity contribution >= 4 is 5.91 Å². The van der Waals surface area contributed by atoms with Gasteiger partial charge in [0, 0.05) is 31.7 Å². The normalized spacial score (nSPS) is 38.7. The molecule has 0 aromatic rings. The maximum atomic E-state index is 12.2. The molecule has 8 N–H and O–H groups in total. The maximum absolute atomic E-state index is 12.2. The molecule has 0 spiro atoms. The quantitative estimate of drug-likeness (QED) is 0.369. The van der Waals surface area contributed by atoms with E-state index in [4.69, 9.17) is 11.5 Å². The predicted molar refractivity (Wildman–Crippen MR) is 124 cm³/mol. The van der Waals surface area contributed by atoms with E-state index in [1.54, 1.807) is 0 Å². The molecule has 8 nitrogen and oxygen atoms in total. The lowest BCUT2D eigenvalue weighted by molar-refractivity contribution is -0.125. The Morgan fingerprint density at radius 1 is 1.13 bits per heavy atom. The van der Waals surface area contributed by atoms with Crippen LogP contribution in [0, 0.1) is 23.2 Å². The smallest absolute Gasteiger partial charge is 0.224 e. The van der Waals surface area contributed by atoms with Gasteiger partial charge in [0.25, 0.3) is 0 Å². The lowest BCUT2D eigenvalue weighted by Crippen LogP contribution is -2.72. The van der Waals surface area contributed by atoms with Crippen LogP contribution in [0.3, 0.4) is 0 Å². The number of primary amides is 1. The molecule has 2 saturated heterocycles. The third kappa shape index (κ3) is 6.39. The van der Waals surface area contributed by atoms with E-state index in [0.717, 1.165) is 45.2 Å². The number of likely N-dealkylation sites (tertiary alicyclic amines) is 1. The van der Waals surface area contributed by atoms with E-state index >= 15 is 0 Å². The standard InChI is InChI=1S/C23H46N6O2/c1-22(2,3)14-9-15(23(4,5)31)11-17(10-14)27-20-18(19(25)30)12-26-21(28-20)29-8-6-7-16(24)13-29/h14-18,20-21,26-28,31H,6-13,24H2,1-5H3,(H2,25,30)/t14?,15?,16-,17?,18?,20?,21?/m0/s1. The van der Waals surface area contributed by atoms with Crippen LogP contribution in [0.1, 0.15) is 66.7 Å². The zero-order valence-electron chi connectivity index (χ0n) is 20.2. The van der Waals surface area contributed by atoms with E-state index in [1.165, 1.54) is 0 Å². The SMILES string of the molecule is CC(C)(C)C1CC(NC2NC(N3CCC[C@H](N)C3)NCC2C(N)=O)CC(C(C)(C)O)C1. The first-order valence-electron chi connectivity index (χ1n) is 12.1. The average molecular weight is 439 g/mol. The third-order valence-electron chi connectivity index (χ3n) is 7.84. The molecule has 0 aromatic carbocycles. The molecule has 180 valence electrons. The first kappa shape index (κ1) is 24.9. The Kier molecular flexibility index (Phi) is 7.71. The largest absolute Gasteiger partial charge is 0.390 e. The minimum atomic E-state index is -0.721. The van der Waals surface area contributed by atoms with Crippen molar-refractivity contribution in [2.24, 2.45) is 34.6 Å². The zero-order valence-corrected chi connectivity index (χ0v) is 20.2. The topological polar surface area (TPSA) is 129 Å². The van der Waals surface area contributed by atoms with Gasteiger partial charge in [-0.05, 0) is 63.2 Å². The number of nitrogens with one attached hydrogen (secondary N) is 3. The number of hydrogen-bond acceptors (Lipinski definition) is 7. The number of nitrogens with two attached hydrogens (primary N) is 2. The van der Waals surface area contributed by atoms with Gasteiger partial charge in [0.05, 0.1) is 17.7 Å².